The lowest BCUT2D eigenvalue weighted by Gasteiger charge is -2.52. The molecule has 0 saturated heterocycles. The highest BCUT2D eigenvalue weighted by Gasteiger charge is 2.64. The minimum Gasteiger partial charge on any atom is -0.369 e. The van der Waals surface area contributed by atoms with Crippen LogP contribution in [0.15, 0.2) is 0 Å². The SMILES string of the molecule is CC1(C(N)=O)CCCCC1(C(N)=O)C(=O)N(C1CCCCC1)C1CCCCC1. The maximum absolute atomic E-state index is 14.2. The summed E-state index contributed by atoms with van der Waals surface area (Å²) in [7, 11) is 0. The van der Waals surface area contributed by atoms with Gasteiger partial charge in [0.05, 0.1) is 5.41 Å². The molecule has 158 valence electrons. The summed E-state index contributed by atoms with van der Waals surface area (Å²) < 4.78 is 0. The lowest BCUT2D eigenvalue weighted by molar-refractivity contribution is -0.173. The predicted molar refractivity (Wildman–Crippen MR) is 108 cm³/mol. The van der Waals surface area contributed by atoms with E-state index >= 15 is 0 Å². The topological polar surface area (TPSA) is 106 Å². The highest BCUT2D eigenvalue weighted by Crippen LogP contribution is 2.52. The van der Waals surface area contributed by atoms with Gasteiger partial charge in [-0.05, 0) is 45.4 Å². The van der Waals surface area contributed by atoms with E-state index in [1.54, 1.807) is 6.92 Å². The Hall–Kier alpha value is -1.59. The third kappa shape index (κ3) is 3.43. The van der Waals surface area contributed by atoms with Crippen molar-refractivity contribution in [2.75, 3.05) is 0 Å². The number of carbonyl (C=O) groups excluding carboxylic acids is 3. The van der Waals surface area contributed by atoms with Crippen LogP contribution in [0.5, 0.6) is 0 Å². The Morgan fingerprint density at radius 1 is 0.714 bits per heavy atom. The molecule has 0 aromatic heterocycles. The van der Waals surface area contributed by atoms with E-state index in [0.717, 1.165) is 64.2 Å². The van der Waals surface area contributed by atoms with E-state index < -0.39 is 22.6 Å². The standard InChI is InChI=1S/C22H37N3O3/c1-21(18(23)26)14-8-9-15-22(21,19(24)27)20(28)25(16-10-4-2-5-11-16)17-12-6-3-7-13-17/h16-17H,2-15H2,1H3,(H2,23,26)(H2,24,27). The van der Waals surface area contributed by atoms with Crippen molar-refractivity contribution >= 4 is 17.7 Å². The molecule has 0 aromatic carbocycles. The zero-order chi connectivity index (χ0) is 20.4. The van der Waals surface area contributed by atoms with Gasteiger partial charge < -0.3 is 16.4 Å². The van der Waals surface area contributed by atoms with Crippen LogP contribution in [0.4, 0.5) is 0 Å². The second-order valence-electron chi connectivity index (χ2n) is 9.47. The Kier molecular flexibility index (Phi) is 6.35. The van der Waals surface area contributed by atoms with Crippen LogP contribution in [0.25, 0.3) is 0 Å². The van der Waals surface area contributed by atoms with Crippen molar-refractivity contribution < 1.29 is 14.4 Å². The average molecular weight is 392 g/mol. The number of amides is 3. The smallest absolute Gasteiger partial charge is 0.239 e. The van der Waals surface area contributed by atoms with Gasteiger partial charge in [0.2, 0.25) is 17.7 Å². The fourth-order valence-corrected chi connectivity index (χ4v) is 6.10. The minimum absolute atomic E-state index is 0.152. The molecule has 6 heteroatoms. The molecule has 0 aliphatic heterocycles. The molecule has 4 N–H and O–H groups in total. The van der Waals surface area contributed by atoms with Crippen LogP contribution in [-0.2, 0) is 14.4 Å². The Balaban J connectivity index is 2.04. The van der Waals surface area contributed by atoms with E-state index in [2.05, 4.69) is 0 Å². The third-order valence-electron chi connectivity index (χ3n) is 7.92. The quantitative estimate of drug-likeness (QED) is 0.703. The van der Waals surface area contributed by atoms with Gasteiger partial charge in [0, 0.05) is 12.1 Å². The van der Waals surface area contributed by atoms with Gasteiger partial charge in [0.1, 0.15) is 5.41 Å². The van der Waals surface area contributed by atoms with E-state index in [1.807, 2.05) is 4.90 Å². The summed E-state index contributed by atoms with van der Waals surface area (Å²) in [5, 5.41) is 0. The zero-order valence-electron chi connectivity index (χ0n) is 17.4. The molecule has 3 aliphatic carbocycles. The number of hydrogen-bond donors (Lipinski definition) is 2. The van der Waals surface area contributed by atoms with E-state index in [9.17, 15) is 14.4 Å². The fraction of sp³-hybridized carbons (Fsp3) is 0.864. The van der Waals surface area contributed by atoms with Crippen molar-refractivity contribution in [2.45, 2.75) is 109 Å². The normalized spacial score (nSPS) is 32.6. The number of nitrogens with two attached hydrogens (primary N) is 2. The van der Waals surface area contributed by atoms with Gasteiger partial charge in [0.25, 0.3) is 0 Å². The monoisotopic (exact) mass is 391 g/mol. The van der Waals surface area contributed by atoms with E-state index in [1.165, 1.54) is 12.8 Å². The number of hydrogen-bond acceptors (Lipinski definition) is 3. The summed E-state index contributed by atoms with van der Waals surface area (Å²) >= 11 is 0. The Morgan fingerprint density at radius 2 is 1.18 bits per heavy atom. The molecule has 0 radical (unpaired) electrons. The first-order valence-corrected chi connectivity index (χ1v) is 11.3. The van der Waals surface area contributed by atoms with E-state index in [-0.39, 0.29) is 18.0 Å². The van der Waals surface area contributed by atoms with Crippen LogP contribution in [0.3, 0.4) is 0 Å². The first-order valence-electron chi connectivity index (χ1n) is 11.3. The van der Waals surface area contributed by atoms with E-state index in [0.29, 0.717) is 12.8 Å². The molecule has 3 aliphatic rings. The Labute approximate surface area is 168 Å². The highest BCUT2D eigenvalue weighted by molar-refractivity contribution is 6.09. The average Bonchev–Trinajstić information content (AvgIpc) is 2.70. The molecule has 6 nitrogen and oxygen atoms in total. The van der Waals surface area contributed by atoms with Gasteiger partial charge in [-0.25, -0.2) is 0 Å². The van der Waals surface area contributed by atoms with Gasteiger partial charge in [0.15, 0.2) is 0 Å². The molecule has 3 amide bonds. The number of nitrogens with zero attached hydrogens (tertiary/aromatic N) is 1. The lowest BCUT2D eigenvalue weighted by Crippen LogP contribution is -2.66. The molecule has 3 saturated carbocycles. The first-order chi connectivity index (χ1) is 13.3. The summed E-state index contributed by atoms with van der Waals surface area (Å²) in [4.78, 5) is 41.6. The molecule has 3 rings (SSSR count). The number of primary amides is 2. The van der Waals surface area contributed by atoms with Crippen molar-refractivity contribution in [3.8, 4) is 0 Å². The van der Waals surface area contributed by atoms with Gasteiger partial charge in [-0.3, -0.25) is 14.4 Å². The summed E-state index contributed by atoms with van der Waals surface area (Å²) in [5.74, 6) is -1.46. The molecular formula is C22H37N3O3. The largest absolute Gasteiger partial charge is 0.369 e. The summed E-state index contributed by atoms with van der Waals surface area (Å²) in [6.07, 6.45) is 13.0. The Bertz CT molecular complexity index is 592. The van der Waals surface area contributed by atoms with Crippen molar-refractivity contribution in [2.24, 2.45) is 22.3 Å². The molecule has 0 heterocycles. The molecule has 0 spiro atoms. The highest BCUT2D eigenvalue weighted by atomic mass is 16.2. The molecule has 0 bridgehead atoms. The second kappa shape index (κ2) is 8.42. The molecule has 28 heavy (non-hydrogen) atoms. The lowest BCUT2D eigenvalue weighted by atomic mass is 9.54. The molecule has 0 aromatic rings. The fourth-order valence-electron chi connectivity index (χ4n) is 6.10. The van der Waals surface area contributed by atoms with Crippen LogP contribution in [-0.4, -0.2) is 34.7 Å². The maximum atomic E-state index is 14.2. The first kappa shape index (κ1) is 21.1. The van der Waals surface area contributed by atoms with Crippen LogP contribution >= 0.6 is 0 Å². The second-order valence-corrected chi connectivity index (χ2v) is 9.47. The minimum atomic E-state index is -1.51. The maximum Gasteiger partial charge on any atom is 0.239 e. The van der Waals surface area contributed by atoms with Crippen LogP contribution in [0.1, 0.15) is 96.8 Å². The predicted octanol–water partition coefficient (Wildman–Crippen LogP) is 3.02. The van der Waals surface area contributed by atoms with Gasteiger partial charge >= 0.3 is 0 Å². The van der Waals surface area contributed by atoms with Gasteiger partial charge in [-0.15, -0.1) is 0 Å². The van der Waals surface area contributed by atoms with Crippen molar-refractivity contribution in [1.82, 2.24) is 4.90 Å². The summed E-state index contributed by atoms with van der Waals surface area (Å²) in [5.41, 5.74) is 8.99. The van der Waals surface area contributed by atoms with Crippen LogP contribution in [0, 0.1) is 10.8 Å². The van der Waals surface area contributed by atoms with Crippen molar-refractivity contribution in [3.63, 3.8) is 0 Å². The number of carbonyl (C=O) groups is 3. The van der Waals surface area contributed by atoms with Gasteiger partial charge in [-0.1, -0.05) is 51.4 Å². The zero-order valence-corrected chi connectivity index (χ0v) is 17.4. The Morgan fingerprint density at radius 3 is 1.61 bits per heavy atom. The third-order valence-corrected chi connectivity index (χ3v) is 7.92. The van der Waals surface area contributed by atoms with Crippen molar-refractivity contribution in [3.05, 3.63) is 0 Å². The molecule has 3 fully saturated rings. The number of rotatable bonds is 5. The van der Waals surface area contributed by atoms with E-state index in [4.69, 9.17) is 11.5 Å². The molecular weight excluding hydrogens is 354 g/mol. The molecule has 2 unspecified atom stereocenters. The van der Waals surface area contributed by atoms with Crippen LogP contribution < -0.4 is 11.5 Å². The summed E-state index contributed by atoms with van der Waals surface area (Å²) in [6.45, 7) is 1.69. The van der Waals surface area contributed by atoms with Gasteiger partial charge in [-0.2, -0.15) is 0 Å². The van der Waals surface area contributed by atoms with Crippen LogP contribution in [0.2, 0.25) is 0 Å². The molecule has 2 atom stereocenters. The van der Waals surface area contributed by atoms with Crippen molar-refractivity contribution in [1.29, 1.82) is 0 Å². The summed E-state index contributed by atoms with van der Waals surface area (Å²) in [6, 6.07) is 0.305.